The first-order chi connectivity index (χ1) is 14.8. The van der Waals surface area contributed by atoms with Gasteiger partial charge in [0.15, 0.2) is 0 Å². The van der Waals surface area contributed by atoms with Crippen molar-refractivity contribution < 1.29 is 40.3 Å². The van der Waals surface area contributed by atoms with E-state index >= 15 is 0 Å². The molecule has 12 heteroatoms. The first-order valence-electron chi connectivity index (χ1n) is 9.10. The number of hydrogen-bond donors (Lipinski definition) is 2. The Morgan fingerprint density at radius 3 is 2.03 bits per heavy atom. The van der Waals surface area contributed by atoms with Crippen LogP contribution in [0, 0.1) is 5.82 Å². The third kappa shape index (κ3) is 5.29. The van der Waals surface area contributed by atoms with E-state index in [4.69, 9.17) is 4.74 Å². The number of benzene rings is 2. The van der Waals surface area contributed by atoms with Gasteiger partial charge in [-0.3, -0.25) is 0 Å². The second kappa shape index (κ2) is 8.81. The van der Waals surface area contributed by atoms with Gasteiger partial charge in [0, 0.05) is 6.54 Å². The minimum absolute atomic E-state index is 0.0228. The van der Waals surface area contributed by atoms with E-state index in [0.717, 1.165) is 23.9 Å². The second-order valence-electron chi connectivity index (χ2n) is 7.11. The average Bonchev–Trinajstić information content (AvgIpc) is 3.09. The topological polar surface area (TPSA) is 50.4 Å². The highest BCUT2D eigenvalue weighted by Crippen LogP contribution is 2.40. The molecule has 2 aromatic carbocycles. The molecule has 0 aromatic heterocycles. The maximum atomic E-state index is 13.3. The van der Waals surface area contributed by atoms with Gasteiger partial charge in [-0.25, -0.2) is 9.18 Å². The summed E-state index contributed by atoms with van der Waals surface area (Å²) in [6.07, 6.45) is -8.51. The number of urea groups is 1. The first-order valence-corrected chi connectivity index (χ1v) is 10.4. The van der Waals surface area contributed by atoms with E-state index in [1.54, 1.807) is 0 Å². The summed E-state index contributed by atoms with van der Waals surface area (Å²) in [6, 6.07) is 5.85. The zero-order valence-corrected chi connectivity index (χ0v) is 17.2. The Bertz CT molecular complexity index is 947. The van der Waals surface area contributed by atoms with Gasteiger partial charge in [0.1, 0.15) is 16.8 Å². The smallest absolute Gasteiger partial charge is 0.360 e. The fraction of sp³-hybridized carbons (Fsp3) is 0.350. The molecule has 1 saturated heterocycles. The van der Waals surface area contributed by atoms with Crippen LogP contribution in [0.3, 0.4) is 0 Å². The number of amides is 2. The quantitative estimate of drug-likeness (QED) is 0.425. The van der Waals surface area contributed by atoms with Crippen LogP contribution in [0.2, 0.25) is 0 Å². The molecule has 4 nitrogen and oxygen atoms in total. The predicted octanol–water partition coefficient (Wildman–Crippen LogP) is 5.45. The van der Waals surface area contributed by atoms with Gasteiger partial charge in [-0.2, -0.15) is 26.3 Å². The van der Waals surface area contributed by atoms with Gasteiger partial charge in [0.2, 0.25) is 0 Å². The van der Waals surface area contributed by atoms with E-state index in [2.05, 4.69) is 10.6 Å². The molecular formula is C20H17F7N2O2S. The van der Waals surface area contributed by atoms with Crippen LogP contribution in [-0.2, 0) is 22.6 Å². The molecule has 0 aliphatic carbocycles. The van der Waals surface area contributed by atoms with Crippen LogP contribution >= 0.6 is 11.8 Å². The maximum Gasteiger partial charge on any atom is 0.416 e. The molecule has 174 valence electrons. The van der Waals surface area contributed by atoms with Gasteiger partial charge in [-0.1, -0.05) is 12.1 Å². The van der Waals surface area contributed by atoms with E-state index in [-0.39, 0.29) is 24.8 Å². The predicted molar refractivity (Wildman–Crippen MR) is 103 cm³/mol. The zero-order chi connectivity index (χ0) is 23.7. The molecule has 2 N–H and O–H groups in total. The molecule has 0 radical (unpaired) electrons. The molecule has 3 rings (SSSR count). The number of thioether (sulfide) groups is 1. The summed E-state index contributed by atoms with van der Waals surface area (Å²) in [7, 11) is 0. The summed E-state index contributed by atoms with van der Waals surface area (Å²) in [5.74, 6) is -0.521. The molecule has 2 unspecified atom stereocenters. The van der Waals surface area contributed by atoms with Gasteiger partial charge in [-0.05, 0) is 47.7 Å². The van der Waals surface area contributed by atoms with Crippen LogP contribution in [0.5, 0.6) is 0 Å². The van der Waals surface area contributed by atoms with Crippen LogP contribution < -0.4 is 10.6 Å². The summed E-state index contributed by atoms with van der Waals surface area (Å²) < 4.78 is 98.2. The number of halogens is 7. The van der Waals surface area contributed by atoms with Crippen LogP contribution in [0.1, 0.15) is 27.7 Å². The lowest BCUT2D eigenvalue weighted by Gasteiger charge is -2.30. The number of nitrogens with one attached hydrogen (secondary N) is 2. The normalized spacial score (nSPS) is 20.1. The number of alkyl halides is 6. The van der Waals surface area contributed by atoms with Crippen LogP contribution in [0.4, 0.5) is 35.5 Å². The highest BCUT2D eigenvalue weighted by molar-refractivity contribution is 7.98. The van der Waals surface area contributed by atoms with Crippen LogP contribution in [-0.4, -0.2) is 25.4 Å². The first kappa shape index (κ1) is 24.2. The molecule has 2 aromatic rings. The number of carbonyl (C=O) groups is 1. The maximum absolute atomic E-state index is 13.3. The minimum atomic E-state index is -4.99. The van der Waals surface area contributed by atoms with Gasteiger partial charge >= 0.3 is 18.4 Å². The largest absolute Gasteiger partial charge is 0.416 e. The zero-order valence-electron chi connectivity index (χ0n) is 16.4. The molecule has 0 saturated carbocycles. The molecule has 0 bridgehead atoms. The SMILES string of the molecule is CSC(OCC1(c2ccc(F)cc2)CNC(=O)N1)c1cc(C(F)(F)F)cc(C(F)(F)F)c1. The van der Waals surface area contributed by atoms with Gasteiger partial charge < -0.3 is 15.4 Å². The third-order valence-corrected chi connectivity index (χ3v) is 5.71. The van der Waals surface area contributed by atoms with Crippen molar-refractivity contribution in [3.05, 3.63) is 70.5 Å². The Labute approximate surface area is 182 Å². The molecule has 1 fully saturated rings. The molecule has 0 spiro atoms. The van der Waals surface area contributed by atoms with Crippen molar-refractivity contribution in [2.45, 2.75) is 23.3 Å². The summed E-state index contributed by atoms with van der Waals surface area (Å²) in [5, 5.41) is 5.17. The highest BCUT2D eigenvalue weighted by Gasteiger charge is 2.41. The standard InChI is InChI=1S/C20H17F7N2O2S/c1-32-16(11-6-13(19(22,23)24)8-14(7-11)20(25,26)27)31-10-18(9-28-17(30)29-18)12-2-4-15(21)5-3-12/h2-8,16H,9-10H2,1H3,(H2,28,29,30). The van der Waals surface area contributed by atoms with E-state index in [1.165, 1.54) is 18.4 Å². The molecule has 2 atom stereocenters. The van der Waals surface area contributed by atoms with Crippen molar-refractivity contribution in [3.63, 3.8) is 0 Å². The van der Waals surface area contributed by atoms with Crippen molar-refractivity contribution in [2.24, 2.45) is 0 Å². The summed E-state index contributed by atoms with van der Waals surface area (Å²) >= 11 is 0.892. The Morgan fingerprint density at radius 1 is 1.03 bits per heavy atom. The van der Waals surface area contributed by atoms with Gasteiger partial charge in [-0.15, -0.1) is 11.8 Å². The van der Waals surface area contributed by atoms with Crippen molar-refractivity contribution in [3.8, 4) is 0 Å². The molecule has 32 heavy (non-hydrogen) atoms. The van der Waals surface area contributed by atoms with Crippen LogP contribution in [0.15, 0.2) is 42.5 Å². The number of carbonyl (C=O) groups excluding carboxylic acids is 1. The Balaban J connectivity index is 1.93. The molecule has 2 amide bonds. The number of rotatable bonds is 6. The lowest BCUT2D eigenvalue weighted by Crippen LogP contribution is -2.45. The third-order valence-electron chi connectivity index (χ3n) is 4.88. The van der Waals surface area contributed by atoms with E-state index in [9.17, 15) is 35.5 Å². The lowest BCUT2D eigenvalue weighted by atomic mass is 9.91. The lowest BCUT2D eigenvalue weighted by molar-refractivity contribution is -0.143. The fourth-order valence-electron chi connectivity index (χ4n) is 3.28. The summed E-state index contributed by atoms with van der Waals surface area (Å²) in [5.41, 5.74) is -5.16. The highest BCUT2D eigenvalue weighted by atomic mass is 32.2. The summed E-state index contributed by atoms with van der Waals surface area (Å²) in [6.45, 7) is -0.268. The van der Waals surface area contributed by atoms with Crippen molar-refractivity contribution in [2.75, 3.05) is 19.4 Å². The Kier molecular flexibility index (Phi) is 6.66. The van der Waals surface area contributed by atoms with Crippen molar-refractivity contribution >= 4 is 17.8 Å². The Hall–Kier alpha value is -2.47. The van der Waals surface area contributed by atoms with E-state index in [0.29, 0.717) is 17.7 Å². The van der Waals surface area contributed by atoms with Gasteiger partial charge in [0.05, 0.1) is 17.7 Å². The second-order valence-corrected chi connectivity index (χ2v) is 8.01. The average molecular weight is 482 g/mol. The monoisotopic (exact) mass is 482 g/mol. The van der Waals surface area contributed by atoms with Crippen LogP contribution in [0.25, 0.3) is 0 Å². The molecular weight excluding hydrogens is 465 g/mol. The molecule has 1 heterocycles. The van der Waals surface area contributed by atoms with E-state index in [1.807, 2.05) is 0 Å². The number of hydrogen-bond acceptors (Lipinski definition) is 3. The molecule has 1 aliphatic rings. The molecule has 1 aliphatic heterocycles. The van der Waals surface area contributed by atoms with Gasteiger partial charge in [0.25, 0.3) is 0 Å². The fourth-order valence-corrected chi connectivity index (χ4v) is 3.90. The Morgan fingerprint density at radius 2 is 1.59 bits per heavy atom. The summed E-state index contributed by atoms with van der Waals surface area (Å²) in [4.78, 5) is 11.8. The minimum Gasteiger partial charge on any atom is -0.360 e. The van der Waals surface area contributed by atoms with E-state index < -0.39 is 46.3 Å². The number of ether oxygens (including phenoxy) is 1. The van der Waals surface area contributed by atoms with Crippen molar-refractivity contribution in [1.29, 1.82) is 0 Å². The van der Waals surface area contributed by atoms with Crippen molar-refractivity contribution in [1.82, 2.24) is 10.6 Å².